The monoisotopic (exact) mass is 349 g/mol. The van der Waals surface area contributed by atoms with Gasteiger partial charge in [0.1, 0.15) is 11.7 Å². The van der Waals surface area contributed by atoms with Gasteiger partial charge in [0, 0.05) is 32.3 Å². The zero-order valence-electron chi connectivity index (χ0n) is 13.4. The SMILES string of the molecule is O=C([C@@H]1C[C@@H]2OCC[C@@H]2N1C(=O)c1ccc(Cl)cn1)N1CCCC1. The Labute approximate surface area is 145 Å². The third-order valence-electron chi connectivity index (χ3n) is 5.21. The minimum absolute atomic E-state index is 0.0356. The summed E-state index contributed by atoms with van der Waals surface area (Å²) in [4.78, 5) is 33.7. The third-order valence-corrected chi connectivity index (χ3v) is 5.43. The maximum Gasteiger partial charge on any atom is 0.273 e. The van der Waals surface area contributed by atoms with Gasteiger partial charge in [0.25, 0.3) is 5.91 Å². The number of hydrogen-bond donors (Lipinski definition) is 0. The van der Waals surface area contributed by atoms with Crippen molar-refractivity contribution < 1.29 is 14.3 Å². The summed E-state index contributed by atoms with van der Waals surface area (Å²) in [5, 5.41) is 0.486. The molecule has 7 heteroatoms. The van der Waals surface area contributed by atoms with Crippen molar-refractivity contribution >= 4 is 23.4 Å². The van der Waals surface area contributed by atoms with Gasteiger partial charge in [0.05, 0.1) is 17.2 Å². The summed E-state index contributed by atoms with van der Waals surface area (Å²) in [6, 6.07) is 2.79. The first-order valence-corrected chi connectivity index (χ1v) is 8.87. The molecule has 0 unspecified atom stereocenters. The van der Waals surface area contributed by atoms with Crippen LogP contribution in [0.5, 0.6) is 0 Å². The summed E-state index contributed by atoms with van der Waals surface area (Å²) in [5.74, 6) is -0.157. The normalized spacial score (nSPS) is 29.1. The van der Waals surface area contributed by atoms with Crippen molar-refractivity contribution in [2.24, 2.45) is 0 Å². The summed E-state index contributed by atoms with van der Waals surface area (Å²) in [5.41, 5.74) is 0.325. The Bertz CT molecular complexity index is 645. The van der Waals surface area contributed by atoms with Crippen LogP contribution in [0.2, 0.25) is 5.02 Å². The number of amides is 2. The van der Waals surface area contributed by atoms with Crippen molar-refractivity contribution in [1.82, 2.24) is 14.8 Å². The molecule has 3 saturated heterocycles. The van der Waals surface area contributed by atoms with Crippen LogP contribution < -0.4 is 0 Å². The number of nitrogens with zero attached hydrogens (tertiary/aromatic N) is 3. The molecule has 0 radical (unpaired) electrons. The molecule has 1 aromatic rings. The second kappa shape index (κ2) is 6.33. The van der Waals surface area contributed by atoms with Crippen LogP contribution in [0.4, 0.5) is 0 Å². The zero-order valence-corrected chi connectivity index (χ0v) is 14.1. The highest BCUT2D eigenvalue weighted by molar-refractivity contribution is 6.30. The number of pyridine rings is 1. The number of hydrogen-bond acceptors (Lipinski definition) is 4. The average molecular weight is 350 g/mol. The summed E-state index contributed by atoms with van der Waals surface area (Å²) in [7, 11) is 0. The van der Waals surface area contributed by atoms with Crippen LogP contribution in [-0.4, -0.2) is 64.5 Å². The van der Waals surface area contributed by atoms with Crippen LogP contribution in [0.1, 0.15) is 36.2 Å². The van der Waals surface area contributed by atoms with Gasteiger partial charge < -0.3 is 14.5 Å². The fourth-order valence-corrected chi connectivity index (χ4v) is 4.15. The van der Waals surface area contributed by atoms with E-state index in [9.17, 15) is 9.59 Å². The molecule has 2 amide bonds. The zero-order chi connectivity index (χ0) is 16.7. The largest absolute Gasteiger partial charge is 0.376 e. The summed E-state index contributed by atoms with van der Waals surface area (Å²) in [6.07, 6.45) is 4.85. The summed E-state index contributed by atoms with van der Waals surface area (Å²) in [6.45, 7) is 2.21. The Morgan fingerprint density at radius 1 is 1.25 bits per heavy atom. The number of carbonyl (C=O) groups is 2. The van der Waals surface area contributed by atoms with Gasteiger partial charge in [-0.15, -0.1) is 0 Å². The maximum atomic E-state index is 13.0. The van der Waals surface area contributed by atoms with E-state index < -0.39 is 6.04 Å². The highest BCUT2D eigenvalue weighted by Gasteiger charge is 2.51. The molecule has 0 spiro atoms. The topological polar surface area (TPSA) is 62.7 Å². The Morgan fingerprint density at radius 2 is 2.04 bits per heavy atom. The predicted molar refractivity (Wildman–Crippen MR) is 87.8 cm³/mol. The molecule has 1 aromatic heterocycles. The lowest BCUT2D eigenvalue weighted by molar-refractivity contribution is -0.134. The Hall–Kier alpha value is -1.66. The van der Waals surface area contributed by atoms with Gasteiger partial charge in [-0.3, -0.25) is 9.59 Å². The molecule has 0 aromatic carbocycles. The molecule has 4 rings (SSSR count). The highest BCUT2D eigenvalue weighted by atomic mass is 35.5. The van der Waals surface area contributed by atoms with Crippen LogP contribution in [0, 0.1) is 0 Å². The van der Waals surface area contributed by atoms with Crippen LogP contribution in [-0.2, 0) is 9.53 Å². The fourth-order valence-electron chi connectivity index (χ4n) is 4.04. The molecule has 6 nitrogen and oxygen atoms in total. The van der Waals surface area contributed by atoms with E-state index in [1.54, 1.807) is 17.0 Å². The molecule has 0 bridgehead atoms. The number of fused-ring (bicyclic) bond motifs is 1. The van der Waals surface area contributed by atoms with Crippen molar-refractivity contribution in [1.29, 1.82) is 0 Å². The first-order valence-electron chi connectivity index (χ1n) is 8.50. The molecular weight excluding hydrogens is 330 g/mol. The lowest BCUT2D eigenvalue weighted by atomic mass is 10.1. The summed E-state index contributed by atoms with van der Waals surface area (Å²) >= 11 is 5.86. The highest BCUT2D eigenvalue weighted by Crippen LogP contribution is 2.35. The van der Waals surface area contributed by atoms with Crippen LogP contribution >= 0.6 is 11.6 Å². The summed E-state index contributed by atoms with van der Waals surface area (Å²) < 4.78 is 5.75. The minimum atomic E-state index is -0.441. The van der Waals surface area contributed by atoms with Gasteiger partial charge in [-0.05, 0) is 31.4 Å². The third kappa shape index (κ3) is 2.67. The fraction of sp³-hybridized carbons (Fsp3) is 0.588. The molecular formula is C17H20ClN3O3. The lowest BCUT2D eigenvalue weighted by Crippen LogP contribution is -2.50. The van der Waals surface area contributed by atoms with Crippen molar-refractivity contribution in [3.05, 3.63) is 29.0 Å². The smallest absolute Gasteiger partial charge is 0.273 e. The predicted octanol–water partition coefficient (Wildman–Crippen LogP) is 1.73. The second-order valence-electron chi connectivity index (χ2n) is 6.62. The van der Waals surface area contributed by atoms with Crippen molar-refractivity contribution in [3.63, 3.8) is 0 Å². The van der Waals surface area contributed by atoms with Crippen molar-refractivity contribution in [2.45, 2.75) is 43.9 Å². The van der Waals surface area contributed by atoms with Gasteiger partial charge >= 0.3 is 0 Å². The quantitative estimate of drug-likeness (QED) is 0.815. The molecule has 24 heavy (non-hydrogen) atoms. The molecule has 0 saturated carbocycles. The lowest BCUT2D eigenvalue weighted by Gasteiger charge is -2.30. The van der Waals surface area contributed by atoms with E-state index in [1.807, 2.05) is 4.90 Å². The standard InChI is InChI=1S/C17H20ClN3O3/c18-11-3-4-12(19-10-11)16(22)21-13-5-8-24-15(13)9-14(21)17(23)20-6-1-2-7-20/h3-4,10,13-15H,1-2,5-9H2/t13-,14-,15-/m0/s1. The number of ether oxygens (including phenoxy) is 1. The molecule has 0 N–H and O–H groups in total. The second-order valence-corrected chi connectivity index (χ2v) is 7.06. The maximum absolute atomic E-state index is 13.0. The molecule has 128 valence electrons. The number of likely N-dealkylation sites (tertiary alicyclic amines) is 2. The number of halogens is 1. The van der Waals surface area contributed by atoms with Gasteiger partial charge in [0.2, 0.25) is 5.91 Å². The Morgan fingerprint density at radius 3 is 2.75 bits per heavy atom. The van der Waals surface area contributed by atoms with Crippen LogP contribution in [0.3, 0.4) is 0 Å². The molecule has 4 heterocycles. The van der Waals surface area contributed by atoms with E-state index in [0.29, 0.717) is 23.7 Å². The van der Waals surface area contributed by atoms with E-state index in [4.69, 9.17) is 16.3 Å². The van der Waals surface area contributed by atoms with E-state index in [0.717, 1.165) is 32.4 Å². The Kier molecular flexibility index (Phi) is 4.18. The van der Waals surface area contributed by atoms with Crippen LogP contribution in [0.25, 0.3) is 0 Å². The molecule has 3 aliphatic heterocycles. The number of carbonyl (C=O) groups excluding carboxylic acids is 2. The van der Waals surface area contributed by atoms with Gasteiger partial charge in [-0.1, -0.05) is 11.6 Å². The van der Waals surface area contributed by atoms with Crippen molar-refractivity contribution in [2.75, 3.05) is 19.7 Å². The van der Waals surface area contributed by atoms with E-state index in [1.165, 1.54) is 6.20 Å². The number of rotatable bonds is 2. The molecule has 3 atom stereocenters. The Balaban J connectivity index is 1.61. The van der Waals surface area contributed by atoms with E-state index in [-0.39, 0.29) is 24.0 Å². The van der Waals surface area contributed by atoms with Gasteiger partial charge in [-0.2, -0.15) is 0 Å². The first kappa shape index (κ1) is 15.8. The number of aromatic nitrogens is 1. The van der Waals surface area contributed by atoms with Crippen molar-refractivity contribution in [3.8, 4) is 0 Å². The van der Waals surface area contributed by atoms with Crippen LogP contribution in [0.15, 0.2) is 18.3 Å². The molecule has 3 fully saturated rings. The average Bonchev–Trinajstić information content (AvgIpc) is 3.30. The van der Waals surface area contributed by atoms with E-state index in [2.05, 4.69) is 4.98 Å². The molecule has 0 aliphatic carbocycles. The minimum Gasteiger partial charge on any atom is -0.376 e. The first-order chi connectivity index (χ1) is 11.6. The molecule has 3 aliphatic rings. The van der Waals surface area contributed by atoms with Gasteiger partial charge in [0.15, 0.2) is 0 Å². The van der Waals surface area contributed by atoms with Gasteiger partial charge in [-0.25, -0.2) is 4.98 Å². The van der Waals surface area contributed by atoms with E-state index >= 15 is 0 Å².